The summed E-state index contributed by atoms with van der Waals surface area (Å²) >= 11 is 4.87. The van der Waals surface area contributed by atoms with Crippen LogP contribution in [0.3, 0.4) is 0 Å². The van der Waals surface area contributed by atoms with Gasteiger partial charge in [-0.2, -0.15) is 0 Å². The van der Waals surface area contributed by atoms with Gasteiger partial charge in [0.2, 0.25) is 0 Å². The molecule has 0 bridgehead atoms. The number of rotatable bonds is 4. The number of aliphatic imine (C=N–C) groups is 1. The Hall–Kier alpha value is -2.28. The van der Waals surface area contributed by atoms with Crippen molar-refractivity contribution < 1.29 is 4.92 Å². The molecule has 0 radical (unpaired) electrons. The molecule has 94 valence electrons. The Morgan fingerprint density at radius 3 is 2.33 bits per heavy atom. The Morgan fingerprint density at radius 2 is 1.94 bits per heavy atom. The maximum absolute atomic E-state index is 10.5. The number of nitro benzene ring substituents is 1. The number of thiocarbonyl (C=S) groups is 1. The quantitative estimate of drug-likeness (QED) is 0.280. The van der Waals surface area contributed by atoms with Crippen LogP contribution < -0.4 is 11.5 Å². The minimum Gasteiger partial charge on any atom is -0.398 e. The number of nitrogens with zero attached hydrogens (tertiary/aromatic N) is 2. The van der Waals surface area contributed by atoms with Crippen molar-refractivity contribution in [2.45, 2.75) is 0 Å². The predicted molar refractivity (Wildman–Crippen MR) is 75.4 cm³/mol. The number of non-ortho nitro benzene ring substituents is 1. The summed E-state index contributed by atoms with van der Waals surface area (Å²) in [6.07, 6.45) is 1.46. The van der Waals surface area contributed by atoms with Gasteiger partial charge in [0, 0.05) is 25.4 Å². The molecule has 4 N–H and O–H groups in total. The lowest BCUT2D eigenvalue weighted by molar-refractivity contribution is -0.384. The molecular weight excluding hydrogens is 252 g/mol. The van der Waals surface area contributed by atoms with E-state index in [4.69, 9.17) is 23.7 Å². The molecule has 0 atom stereocenters. The fourth-order valence-corrected chi connectivity index (χ4v) is 1.48. The highest BCUT2D eigenvalue weighted by Crippen LogP contribution is 2.17. The molecule has 0 heterocycles. The first-order valence-electron chi connectivity index (χ1n) is 4.94. The number of nitro groups is 1. The summed E-state index contributed by atoms with van der Waals surface area (Å²) in [5.74, 6) is 0. The third-order valence-electron chi connectivity index (χ3n) is 2.20. The molecule has 7 heteroatoms. The van der Waals surface area contributed by atoms with E-state index in [1.807, 2.05) is 0 Å². The number of benzene rings is 1. The van der Waals surface area contributed by atoms with Gasteiger partial charge in [0.05, 0.1) is 16.2 Å². The number of hydrogen-bond donors (Lipinski definition) is 2. The summed E-state index contributed by atoms with van der Waals surface area (Å²) in [7, 11) is 1.57. The zero-order valence-corrected chi connectivity index (χ0v) is 10.5. The summed E-state index contributed by atoms with van der Waals surface area (Å²) in [5, 5.41) is 10.5. The highest BCUT2D eigenvalue weighted by Gasteiger charge is 2.09. The third kappa shape index (κ3) is 3.11. The van der Waals surface area contributed by atoms with Gasteiger partial charge in [-0.05, 0) is 17.7 Å². The topological polar surface area (TPSA) is 108 Å². The average Bonchev–Trinajstić information content (AvgIpc) is 2.35. The molecule has 1 aromatic carbocycles. The lowest BCUT2D eigenvalue weighted by Gasteiger charge is -2.06. The van der Waals surface area contributed by atoms with Gasteiger partial charge in [-0.3, -0.25) is 15.1 Å². The zero-order valence-electron chi connectivity index (χ0n) is 9.66. The second-order valence-electron chi connectivity index (χ2n) is 3.38. The molecule has 0 saturated heterocycles. The summed E-state index contributed by atoms with van der Waals surface area (Å²) in [5.41, 5.74) is 12.8. The Labute approximate surface area is 109 Å². The van der Waals surface area contributed by atoms with Crippen molar-refractivity contribution in [3.8, 4) is 0 Å². The van der Waals surface area contributed by atoms with Crippen molar-refractivity contribution in [1.82, 2.24) is 0 Å². The van der Waals surface area contributed by atoms with Crippen LogP contribution in [0.4, 0.5) is 5.69 Å². The molecule has 0 saturated carbocycles. The van der Waals surface area contributed by atoms with E-state index in [1.54, 1.807) is 7.05 Å². The van der Waals surface area contributed by atoms with Crippen molar-refractivity contribution in [3.05, 3.63) is 45.5 Å². The first-order valence-corrected chi connectivity index (χ1v) is 5.34. The van der Waals surface area contributed by atoms with E-state index >= 15 is 0 Å². The molecule has 0 aliphatic carbocycles. The molecule has 0 fully saturated rings. The van der Waals surface area contributed by atoms with Crippen LogP contribution in [-0.4, -0.2) is 23.2 Å². The Morgan fingerprint density at radius 1 is 1.39 bits per heavy atom. The molecule has 18 heavy (non-hydrogen) atoms. The van der Waals surface area contributed by atoms with Gasteiger partial charge in [-0.25, -0.2) is 0 Å². The van der Waals surface area contributed by atoms with Crippen LogP contribution in [0, 0.1) is 10.1 Å². The zero-order chi connectivity index (χ0) is 13.7. The third-order valence-corrected chi connectivity index (χ3v) is 2.42. The van der Waals surface area contributed by atoms with E-state index in [1.165, 1.54) is 30.5 Å². The van der Waals surface area contributed by atoms with Gasteiger partial charge in [0.15, 0.2) is 0 Å². The Kier molecular flexibility index (Phi) is 4.50. The molecular formula is C11H12N4O2S. The van der Waals surface area contributed by atoms with Gasteiger partial charge in [0.25, 0.3) is 5.69 Å². The van der Waals surface area contributed by atoms with E-state index in [2.05, 4.69) is 4.99 Å². The van der Waals surface area contributed by atoms with Crippen LogP contribution in [0.2, 0.25) is 0 Å². The van der Waals surface area contributed by atoms with Crippen LogP contribution in [0.25, 0.3) is 5.70 Å². The molecule has 0 aromatic heterocycles. The van der Waals surface area contributed by atoms with Crippen molar-refractivity contribution in [1.29, 1.82) is 0 Å². The summed E-state index contributed by atoms with van der Waals surface area (Å²) in [6.45, 7) is 0. The average molecular weight is 264 g/mol. The first kappa shape index (κ1) is 13.8. The first-order chi connectivity index (χ1) is 8.47. The number of nitrogens with two attached hydrogens (primary N) is 2. The van der Waals surface area contributed by atoms with E-state index in [-0.39, 0.29) is 10.7 Å². The Balaban J connectivity index is 3.23. The van der Waals surface area contributed by atoms with Crippen LogP contribution in [0.5, 0.6) is 0 Å². The highest BCUT2D eigenvalue weighted by atomic mass is 32.1. The van der Waals surface area contributed by atoms with Crippen LogP contribution in [-0.2, 0) is 0 Å². The molecule has 1 rings (SSSR count). The monoisotopic (exact) mass is 264 g/mol. The second-order valence-corrected chi connectivity index (χ2v) is 3.82. The smallest absolute Gasteiger partial charge is 0.269 e. The minimum atomic E-state index is -0.480. The van der Waals surface area contributed by atoms with Gasteiger partial charge in [-0.1, -0.05) is 12.2 Å². The minimum absolute atomic E-state index is 0.00687. The SMILES string of the molecule is CN=C/C(C(N)=S)=C(\N)c1ccc([N+](=O)[O-])cc1. The maximum atomic E-state index is 10.5. The maximum Gasteiger partial charge on any atom is 0.269 e. The number of hydrogen-bond acceptors (Lipinski definition) is 5. The summed E-state index contributed by atoms with van der Waals surface area (Å²) in [4.78, 5) is 14.0. The second kappa shape index (κ2) is 5.87. The molecule has 0 amide bonds. The lowest BCUT2D eigenvalue weighted by Crippen LogP contribution is -2.17. The molecule has 6 nitrogen and oxygen atoms in total. The molecule has 0 spiro atoms. The molecule has 0 aliphatic rings. The van der Waals surface area contributed by atoms with Crippen LogP contribution in [0.15, 0.2) is 34.8 Å². The van der Waals surface area contributed by atoms with Crippen molar-refractivity contribution in [2.75, 3.05) is 7.05 Å². The standard InChI is InChI=1S/C11H12N4O2S/c1-14-6-9(11(13)18)10(12)7-2-4-8(5-3-7)15(16)17/h2-6H,12H2,1H3,(H2,13,18)/b10-9+,14-6?. The summed E-state index contributed by atoms with van der Waals surface area (Å²) in [6, 6.07) is 5.80. The molecule has 1 aromatic rings. The molecule has 0 aliphatic heterocycles. The van der Waals surface area contributed by atoms with E-state index in [0.717, 1.165) is 0 Å². The Bertz CT molecular complexity index is 534. The van der Waals surface area contributed by atoms with Gasteiger partial charge in [-0.15, -0.1) is 0 Å². The van der Waals surface area contributed by atoms with Gasteiger partial charge >= 0.3 is 0 Å². The highest BCUT2D eigenvalue weighted by molar-refractivity contribution is 7.80. The largest absolute Gasteiger partial charge is 0.398 e. The predicted octanol–water partition coefficient (Wildman–Crippen LogP) is 1.25. The normalized spacial score (nSPS) is 12.3. The van der Waals surface area contributed by atoms with Crippen molar-refractivity contribution >= 4 is 34.8 Å². The summed E-state index contributed by atoms with van der Waals surface area (Å²) < 4.78 is 0. The van der Waals surface area contributed by atoms with E-state index in [9.17, 15) is 10.1 Å². The molecule has 0 unspecified atom stereocenters. The fraction of sp³-hybridized carbons (Fsp3) is 0.0909. The van der Waals surface area contributed by atoms with Crippen LogP contribution >= 0.6 is 12.2 Å². The van der Waals surface area contributed by atoms with Crippen molar-refractivity contribution in [2.24, 2.45) is 16.5 Å². The fourth-order valence-electron chi connectivity index (χ4n) is 1.31. The van der Waals surface area contributed by atoms with Gasteiger partial charge < -0.3 is 11.5 Å². The lowest BCUT2D eigenvalue weighted by atomic mass is 10.1. The van der Waals surface area contributed by atoms with Crippen molar-refractivity contribution in [3.63, 3.8) is 0 Å². The van der Waals surface area contributed by atoms with E-state index < -0.39 is 4.92 Å². The van der Waals surface area contributed by atoms with Crippen LogP contribution in [0.1, 0.15) is 5.56 Å². The van der Waals surface area contributed by atoms with Gasteiger partial charge in [0.1, 0.15) is 4.99 Å². The van der Waals surface area contributed by atoms with E-state index in [0.29, 0.717) is 16.8 Å².